The highest BCUT2D eigenvalue weighted by Gasteiger charge is 2.45. The quantitative estimate of drug-likeness (QED) is 0.649. The molecule has 2 aromatic rings. The van der Waals surface area contributed by atoms with Gasteiger partial charge < -0.3 is 20.7 Å². The first kappa shape index (κ1) is 13.4. The van der Waals surface area contributed by atoms with Crippen molar-refractivity contribution in [3.8, 4) is 0 Å². The average molecular weight is 304 g/mol. The Bertz CT molecular complexity index is 653. The summed E-state index contributed by atoms with van der Waals surface area (Å²) in [4.78, 5) is 11.7. The van der Waals surface area contributed by atoms with Gasteiger partial charge in [-0.1, -0.05) is 0 Å². The molecule has 1 fully saturated rings. The van der Waals surface area contributed by atoms with Gasteiger partial charge in [-0.3, -0.25) is 4.57 Å². The zero-order valence-electron chi connectivity index (χ0n) is 10.0. The molecule has 0 saturated carbocycles. The Morgan fingerprint density at radius 1 is 1.50 bits per heavy atom. The number of halogens is 2. The van der Waals surface area contributed by atoms with Crippen molar-refractivity contribution in [2.24, 2.45) is 0 Å². The minimum Gasteiger partial charge on any atom is -0.394 e. The molecule has 0 aliphatic carbocycles. The maximum atomic E-state index is 14.1. The number of aliphatic hydroxyl groups is 2. The van der Waals surface area contributed by atoms with Gasteiger partial charge in [0, 0.05) is 0 Å². The highest BCUT2D eigenvalue weighted by molar-refractivity contribution is 6.28. The van der Waals surface area contributed by atoms with Gasteiger partial charge >= 0.3 is 0 Å². The molecular formula is C10H11ClFN5O3. The molecule has 20 heavy (non-hydrogen) atoms. The number of ether oxygens (including phenoxy) is 1. The summed E-state index contributed by atoms with van der Waals surface area (Å²) in [6.45, 7) is -0.497. The molecule has 2 aromatic heterocycles. The first-order valence-corrected chi connectivity index (χ1v) is 6.14. The Balaban J connectivity index is 2.07. The Labute approximate surface area is 117 Å². The number of fused-ring (bicyclic) bond motifs is 1. The lowest BCUT2D eigenvalue weighted by Crippen LogP contribution is -2.30. The van der Waals surface area contributed by atoms with E-state index in [4.69, 9.17) is 27.2 Å². The standard InChI is InChI=1S/C10H11ClFN5O3/c11-10-15-7(13)5-8(16-10)17(2-14-5)9-4(12)6(19)3(1-18)20-9/h2-4,6,9,18-19H,1H2,(H2,13,15,16)/t3-,4?,6-,9?/m1/s1. The molecule has 0 spiro atoms. The number of aromatic nitrogens is 4. The molecule has 8 nitrogen and oxygen atoms in total. The fraction of sp³-hybridized carbons (Fsp3) is 0.500. The molecule has 3 heterocycles. The predicted octanol–water partition coefficient (Wildman–Crippen LogP) is -0.349. The van der Waals surface area contributed by atoms with Crippen molar-refractivity contribution >= 4 is 28.6 Å². The van der Waals surface area contributed by atoms with Crippen molar-refractivity contribution in [2.45, 2.75) is 24.6 Å². The van der Waals surface area contributed by atoms with Crippen LogP contribution in [0.4, 0.5) is 10.2 Å². The molecule has 0 aromatic carbocycles. The number of rotatable bonds is 2. The topological polar surface area (TPSA) is 119 Å². The number of imidazole rings is 1. The summed E-state index contributed by atoms with van der Waals surface area (Å²) in [5, 5.41) is 18.6. The van der Waals surface area contributed by atoms with Crippen LogP contribution >= 0.6 is 11.6 Å². The van der Waals surface area contributed by atoms with Crippen LogP contribution < -0.4 is 5.73 Å². The van der Waals surface area contributed by atoms with Crippen LogP contribution in [0.5, 0.6) is 0 Å². The van der Waals surface area contributed by atoms with E-state index in [1.807, 2.05) is 0 Å². The van der Waals surface area contributed by atoms with E-state index >= 15 is 0 Å². The Morgan fingerprint density at radius 3 is 2.90 bits per heavy atom. The minimum absolute atomic E-state index is 0.0615. The number of anilines is 1. The van der Waals surface area contributed by atoms with Gasteiger partial charge in [0.1, 0.15) is 17.7 Å². The largest absolute Gasteiger partial charge is 0.394 e. The number of hydrogen-bond donors (Lipinski definition) is 3. The second-order valence-electron chi connectivity index (χ2n) is 4.38. The summed E-state index contributed by atoms with van der Waals surface area (Å²) in [6, 6.07) is 0. The van der Waals surface area contributed by atoms with E-state index in [0.717, 1.165) is 0 Å². The van der Waals surface area contributed by atoms with Crippen LogP contribution in [0.15, 0.2) is 6.33 Å². The Morgan fingerprint density at radius 2 is 2.25 bits per heavy atom. The molecule has 0 bridgehead atoms. The minimum atomic E-state index is -1.74. The summed E-state index contributed by atoms with van der Waals surface area (Å²) in [7, 11) is 0. The molecule has 2 unspecified atom stereocenters. The highest BCUT2D eigenvalue weighted by atomic mass is 35.5. The predicted molar refractivity (Wildman–Crippen MR) is 66.6 cm³/mol. The van der Waals surface area contributed by atoms with E-state index in [1.165, 1.54) is 10.9 Å². The molecule has 1 saturated heterocycles. The fourth-order valence-corrected chi connectivity index (χ4v) is 2.35. The summed E-state index contributed by atoms with van der Waals surface area (Å²) >= 11 is 5.71. The zero-order valence-corrected chi connectivity index (χ0v) is 10.8. The molecule has 0 radical (unpaired) electrons. The van der Waals surface area contributed by atoms with Gasteiger partial charge in [0.05, 0.1) is 12.9 Å². The number of alkyl halides is 1. The monoisotopic (exact) mass is 303 g/mol. The van der Waals surface area contributed by atoms with E-state index in [0.29, 0.717) is 0 Å². The van der Waals surface area contributed by atoms with E-state index in [2.05, 4.69) is 15.0 Å². The number of nitrogens with two attached hydrogens (primary N) is 1. The lowest BCUT2D eigenvalue weighted by molar-refractivity contribution is -0.0459. The first-order valence-electron chi connectivity index (χ1n) is 5.77. The van der Waals surface area contributed by atoms with Crippen LogP contribution in [0.25, 0.3) is 11.2 Å². The second-order valence-corrected chi connectivity index (χ2v) is 4.72. The number of nitrogen functional groups attached to an aromatic ring is 1. The number of hydrogen-bond acceptors (Lipinski definition) is 7. The van der Waals surface area contributed by atoms with Crippen molar-refractivity contribution in [2.75, 3.05) is 12.3 Å². The van der Waals surface area contributed by atoms with Crippen LogP contribution in [0.3, 0.4) is 0 Å². The molecule has 1 aliphatic rings. The van der Waals surface area contributed by atoms with Gasteiger partial charge in [-0.05, 0) is 11.6 Å². The van der Waals surface area contributed by atoms with Gasteiger partial charge in [0.2, 0.25) is 5.28 Å². The molecule has 4 N–H and O–H groups in total. The normalized spacial score (nSPS) is 30.2. The average Bonchev–Trinajstić information content (AvgIpc) is 2.93. The van der Waals surface area contributed by atoms with E-state index in [1.54, 1.807) is 0 Å². The second kappa shape index (κ2) is 4.77. The van der Waals surface area contributed by atoms with Crippen molar-refractivity contribution < 1.29 is 19.3 Å². The lowest BCUT2D eigenvalue weighted by atomic mass is 10.1. The molecule has 0 amide bonds. The third kappa shape index (κ3) is 1.90. The van der Waals surface area contributed by atoms with Crippen LogP contribution in [-0.4, -0.2) is 54.7 Å². The number of nitrogens with zero attached hydrogens (tertiary/aromatic N) is 4. The smallest absolute Gasteiger partial charge is 0.226 e. The highest BCUT2D eigenvalue weighted by Crippen LogP contribution is 2.34. The van der Waals surface area contributed by atoms with Crippen molar-refractivity contribution in [3.63, 3.8) is 0 Å². The van der Waals surface area contributed by atoms with Crippen molar-refractivity contribution in [1.82, 2.24) is 19.5 Å². The fourth-order valence-electron chi connectivity index (χ4n) is 2.18. The lowest BCUT2D eigenvalue weighted by Gasteiger charge is -2.15. The third-order valence-corrected chi connectivity index (χ3v) is 3.34. The first-order chi connectivity index (χ1) is 9.52. The van der Waals surface area contributed by atoms with E-state index in [9.17, 15) is 9.50 Å². The SMILES string of the molecule is Nc1nc(Cl)nc2c1ncn2C1O[C@H](CO)[C@@H](O)C1F. The maximum absolute atomic E-state index is 14.1. The molecule has 1 aliphatic heterocycles. The van der Waals surface area contributed by atoms with Gasteiger partial charge in [-0.15, -0.1) is 0 Å². The van der Waals surface area contributed by atoms with Crippen LogP contribution in [-0.2, 0) is 4.74 Å². The summed E-state index contributed by atoms with van der Waals surface area (Å²) < 4.78 is 20.6. The molecular weight excluding hydrogens is 293 g/mol. The third-order valence-electron chi connectivity index (χ3n) is 3.17. The Hall–Kier alpha value is -1.55. The number of aliphatic hydroxyl groups excluding tert-OH is 2. The molecule has 108 valence electrons. The van der Waals surface area contributed by atoms with Gasteiger partial charge in [-0.2, -0.15) is 9.97 Å². The van der Waals surface area contributed by atoms with Crippen molar-refractivity contribution in [3.05, 3.63) is 11.6 Å². The molecule has 10 heteroatoms. The summed E-state index contributed by atoms with van der Waals surface area (Å²) in [5.74, 6) is 0.0615. The molecule has 3 rings (SSSR count). The Kier molecular flexibility index (Phi) is 3.21. The van der Waals surface area contributed by atoms with Gasteiger partial charge in [0.15, 0.2) is 23.9 Å². The van der Waals surface area contributed by atoms with Crippen molar-refractivity contribution in [1.29, 1.82) is 0 Å². The maximum Gasteiger partial charge on any atom is 0.226 e. The summed E-state index contributed by atoms with van der Waals surface area (Å²) in [5.41, 5.74) is 6.10. The van der Waals surface area contributed by atoms with Crippen LogP contribution in [0, 0.1) is 0 Å². The van der Waals surface area contributed by atoms with E-state index < -0.39 is 31.2 Å². The van der Waals surface area contributed by atoms with Crippen LogP contribution in [0.2, 0.25) is 5.28 Å². The van der Waals surface area contributed by atoms with Gasteiger partial charge in [-0.25, -0.2) is 9.37 Å². The summed E-state index contributed by atoms with van der Waals surface area (Å²) in [6.07, 6.45) is -4.08. The molecule has 4 atom stereocenters. The zero-order chi connectivity index (χ0) is 14.4. The van der Waals surface area contributed by atoms with E-state index in [-0.39, 0.29) is 22.3 Å². The van der Waals surface area contributed by atoms with Crippen LogP contribution in [0.1, 0.15) is 6.23 Å². The van der Waals surface area contributed by atoms with Gasteiger partial charge in [0.25, 0.3) is 0 Å².